The minimum Gasteiger partial charge on any atom is -0.481 e. The molecule has 0 spiro atoms. The maximum absolute atomic E-state index is 10.9. The van der Waals surface area contributed by atoms with Crippen molar-refractivity contribution in [2.45, 2.75) is 33.7 Å². The van der Waals surface area contributed by atoms with Gasteiger partial charge < -0.3 is 10.4 Å². The largest absolute Gasteiger partial charge is 0.481 e. The number of rotatable bonds is 5. The third-order valence-corrected chi connectivity index (χ3v) is 3.58. The van der Waals surface area contributed by atoms with Crippen molar-refractivity contribution < 1.29 is 9.90 Å². The van der Waals surface area contributed by atoms with Crippen LogP contribution in [-0.4, -0.2) is 22.6 Å². The van der Waals surface area contributed by atoms with E-state index in [1.807, 2.05) is 19.2 Å². The maximum atomic E-state index is 10.9. The molecule has 0 aromatic carbocycles. The first-order valence-corrected chi connectivity index (χ1v) is 6.09. The lowest BCUT2D eigenvalue weighted by Crippen LogP contribution is -2.37. The molecule has 5 heteroatoms. The monoisotopic (exact) mass is 242 g/mol. The minimum absolute atomic E-state index is 0.0947. The van der Waals surface area contributed by atoms with E-state index >= 15 is 0 Å². The van der Waals surface area contributed by atoms with Gasteiger partial charge in [0, 0.05) is 17.6 Å². The third kappa shape index (κ3) is 3.28. The van der Waals surface area contributed by atoms with Gasteiger partial charge in [0.1, 0.15) is 5.01 Å². The van der Waals surface area contributed by atoms with Gasteiger partial charge in [0.15, 0.2) is 0 Å². The summed E-state index contributed by atoms with van der Waals surface area (Å²) in [7, 11) is 0. The number of aryl methyl sites for hydroxylation is 1. The van der Waals surface area contributed by atoms with Gasteiger partial charge in [-0.1, -0.05) is 0 Å². The molecule has 1 heterocycles. The van der Waals surface area contributed by atoms with Gasteiger partial charge in [0.05, 0.1) is 11.5 Å². The average Bonchev–Trinajstić information content (AvgIpc) is 2.61. The summed E-state index contributed by atoms with van der Waals surface area (Å²) in [5.41, 5.74) is 0.256. The molecule has 1 atom stereocenters. The number of nitrogens with zero attached hydrogens (tertiary/aromatic N) is 1. The van der Waals surface area contributed by atoms with Crippen molar-refractivity contribution in [3.63, 3.8) is 0 Å². The van der Waals surface area contributed by atoms with Crippen LogP contribution in [0.15, 0.2) is 5.38 Å². The fraction of sp³-hybridized carbons (Fsp3) is 0.636. The Hall–Kier alpha value is -0.940. The van der Waals surface area contributed by atoms with Crippen LogP contribution in [0.25, 0.3) is 0 Å². The van der Waals surface area contributed by atoms with Crippen molar-refractivity contribution in [3.05, 3.63) is 16.1 Å². The first kappa shape index (κ1) is 13.1. The molecule has 0 aliphatic rings. The summed E-state index contributed by atoms with van der Waals surface area (Å²) in [6.07, 6.45) is 0. The first-order valence-electron chi connectivity index (χ1n) is 5.22. The highest BCUT2D eigenvalue weighted by Crippen LogP contribution is 2.20. The molecule has 1 unspecified atom stereocenters. The number of carbonyl (C=O) groups is 1. The van der Waals surface area contributed by atoms with Gasteiger partial charge in [0.2, 0.25) is 0 Å². The Morgan fingerprint density at radius 3 is 2.75 bits per heavy atom. The molecule has 0 radical (unpaired) electrons. The molecule has 16 heavy (non-hydrogen) atoms. The molecule has 0 bridgehead atoms. The summed E-state index contributed by atoms with van der Waals surface area (Å²) in [6, 6.07) is 0.0947. The van der Waals surface area contributed by atoms with Gasteiger partial charge in [-0.2, -0.15) is 0 Å². The smallest absolute Gasteiger partial charge is 0.310 e. The van der Waals surface area contributed by atoms with Crippen LogP contribution in [0.2, 0.25) is 0 Å². The van der Waals surface area contributed by atoms with Gasteiger partial charge in [-0.05, 0) is 27.7 Å². The summed E-state index contributed by atoms with van der Waals surface area (Å²) in [4.78, 5) is 15.3. The fourth-order valence-electron chi connectivity index (χ4n) is 1.14. The Morgan fingerprint density at radius 1 is 1.69 bits per heavy atom. The summed E-state index contributed by atoms with van der Waals surface area (Å²) in [5.74, 6) is -0.789. The molecule has 90 valence electrons. The number of thiazole rings is 1. The van der Waals surface area contributed by atoms with E-state index in [4.69, 9.17) is 5.11 Å². The zero-order valence-electron chi connectivity index (χ0n) is 10.1. The van der Waals surface area contributed by atoms with E-state index in [2.05, 4.69) is 10.3 Å². The minimum atomic E-state index is -0.789. The predicted molar refractivity (Wildman–Crippen MR) is 64.7 cm³/mol. The SMILES string of the molecule is Cc1csc(C(C)NCC(C)(C)C(=O)O)n1. The van der Waals surface area contributed by atoms with Crippen LogP contribution < -0.4 is 5.32 Å². The molecule has 0 saturated heterocycles. The molecule has 1 rings (SSSR count). The second-order valence-electron chi connectivity index (χ2n) is 4.62. The number of carboxylic acids is 1. The van der Waals surface area contributed by atoms with Crippen LogP contribution in [0.4, 0.5) is 0 Å². The lowest BCUT2D eigenvalue weighted by molar-refractivity contribution is -0.146. The molecule has 4 nitrogen and oxygen atoms in total. The van der Waals surface area contributed by atoms with Crippen LogP contribution in [0.1, 0.15) is 37.5 Å². The van der Waals surface area contributed by atoms with Crippen molar-refractivity contribution in [2.24, 2.45) is 5.41 Å². The quantitative estimate of drug-likeness (QED) is 0.831. The van der Waals surface area contributed by atoms with E-state index in [-0.39, 0.29) is 6.04 Å². The normalized spacial score (nSPS) is 13.8. The Morgan fingerprint density at radius 2 is 2.31 bits per heavy atom. The molecular formula is C11H18N2O2S. The third-order valence-electron chi connectivity index (χ3n) is 2.44. The zero-order chi connectivity index (χ0) is 12.3. The van der Waals surface area contributed by atoms with Crippen LogP contribution in [0.5, 0.6) is 0 Å². The Bertz CT molecular complexity index is 374. The molecule has 0 aliphatic heterocycles. The summed E-state index contributed by atoms with van der Waals surface area (Å²) >= 11 is 1.60. The Labute approximate surface area is 99.7 Å². The number of carboxylic acid groups (broad SMARTS) is 1. The predicted octanol–water partition coefficient (Wildman–Crippen LogP) is 2.21. The molecule has 0 amide bonds. The van der Waals surface area contributed by atoms with Crippen molar-refractivity contribution >= 4 is 17.3 Å². The first-order chi connectivity index (χ1) is 7.33. The number of hydrogen-bond acceptors (Lipinski definition) is 4. The molecule has 0 fully saturated rings. The van der Waals surface area contributed by atoms with Crippen LogP contribution >= 0.6 is 11.3 Å². The van der Waals surface area contributed by atoms with E-state index in [9.17, 15) is 4.79 Å². The molecular weight excluding hydrogens is 224 g/mol. The molecule has 0 aliphatic carbocycles. The van der Waals surface area contributed by atoms with Crippen LogP contribution in [0.3, 0.4) is 0 Å². The molecule has 1 aromatic rings. The topological polar surface area (TPSA) is 62.2 Å². The van der Waals surface area contributed by atoms with Crippen molar-refractivity contribution in [2.75, 3.05) is 6.54 Å². The van der Waals surface area contributed by atoms with Gasteiger partial charge in [0.25, 0.3) is 0 Å². The second-order valence-corrected chi connectivity index (χ2v) is 5.51. The Balaban J connectivity index is 2.53. The highest BCUT2D eigenvalue weighted by atomic mass is 32.1. The van der Waals surface area contributed by atoms with Gasteiger partial charge in [-0.3, -0.25) is 4.79 Å². The zero-order valence-corrected chi connectivity index (χ0v) is 10.9. The van der Waals surface area contributed by atoms with Gasteiger partial charge in [-0.25, -0.2) is 4.98 Å². The number of nitrogens with one attached hydrogen (secondary N) is 1. The summed E-state index contributed by atoms with van der Waals surface area (Å²) in [5, 5.41) is 15.2. The number of aliphatic carboxylic acids is 1. The van der Waals surface area contributed by atoms with E-state index < -0.39 is 11.4 Å². The van der Waals surface area contributed by atoms with Crippen molar-refractivity contribution in [1.29, 1.82) is 0 Å². The summed E-state index contributed by atoms with van der Waals surface area (Å²) in [6.45, 7) is 7.80. The van der Waals surface area contributed by atoms with E-state index in [0.717, 1.165) is 10.7 Å². The molecule has 1 aromatic heterocycles. The highest BCUT2D eigenvalue weighted by Gasteiger charge is 2.27. The lowest BCUT2D eigenvalue weighted by atomic mass is 9.93. The van der Waals surface area contributed by atoms with Crippen molar-refractivity contribution in [3.8, 4) is 0 Å². The highest BCUT2D eigenvalue weighted by molar-refractivity contribution is 7.09. The van der Waals surface area contributed by atoms with Crippen molar-refractivity contribution in [1.82, 2.24) is 10.3 Å². The summed E-state index contributed by atoms with van der Waals surface area (Å²) < 4.78 is 0. The molecule has 0 saturated carbocycles. The van der Waals surface area contributed by atoms with Crippen LogP contribution in [-0.2, 0) is 4.79 Å². The number of aromatic nitrogens is 1. The molecule has 2 N–H and O–H groups in total. The van der Waals surface area contributed by atoms with Gasteiger partial charge >= 0.3 is 5.97 Å². The number of hydrogen-bond donors (Lipinski definition) is 2. The van der Waals surface area contributed by atoms with Gasteiger partial charge in [-0.15, -0.1) is 11.3 Å². The van der Waals surface area contributed by atoms with Crippen LogP contribution in [0, 0.1) is 12.3 Å². The fourth-order valence-corrected chi connectivity index (χ4v) is 1.97. The van der Waals surface area contributed by atoms with E-state index in [0.29, 0.717) is 6.54 Å². The standard InChI is InChI=1S/C11H18N2O2S/c1-7-5-16-9(13-7)8(2)12-6-11(3,4)10(14)15/h5,8,12H,6H2,1-4H3,(H,14,15). The average molecular weight is 242 g/mol. The van der Waals surface area contributed by atoms with E-state index in [1.54, 1.807) is 25.2 Å². The maximum Gasteiger partial charge on any atom is 0.310 e. The Kier molecular flexibility index (Phi) is 4.04. The lowest BCUT2D eigenvalue weighted by Gasteiger charge is -2.21. The second kappa shape index (κ2) is 4.93. The van der Waals surface area contributed by atoms with E-state index in [1.165, 1.54) is 0 Å².